The molecule has 0 aliphatic rings. The van der Waals surface area contributed by atoms with Gasteiger partial charge in [0.1, 0.15) is 0 Å². The lowest BCUT2D eigenvalue weighted by molar-refractivity contribution is 0.869. The van der Waals surface area contributed by atoms with E-state index >= 15 is 0 Å². The Balaban J connectivity index is 2.14. The molecule has 0 amide bonds. The van der Waals surface area contributed by atoms with Gasteiger partial charge in [0.15, 0.2) is 0 Å². The van der Waals surface area contributed by atoms with Crippen LogP contribution in [0, 0.1) is 0 Å². The Kier molecular flexibility index (Phi) is 3.24. The average molecular weight is 302 g/mol. The van der Waals surface area contributed by atoms with Gasteiger partial charge in [0.05, 0.1) is 0 Å². The van der Waals surface area contributed by atoms with Crippen molar-refractivity contribution in [2.24, 2.45) is 0 Å². The first-order chi connectivity index (χ1) is 10.7. The maximum absolute atomic E-state index is 2.38. The zero-order valence-corrected chi connectivity index (χ0v) is 13.7. The first-order valence-electron chi connectivity index (χ1n) is 7.74. The first-order valence-corrected chi connectivity index (χ1v) is 8.56. The van der Waals surface area contributed by atoms with Gasteiger partial charge in [0.25, 0.3) is 0 Å². The smallest absolute Gasteiger partial charge is 0.0434 e. The molecule has 0 radical (unpaired) electrons. The van der Waals surface area contributed by atoms with Gasteiger partial charge in [-0.05, 0) is 40.8 Å². The molecule has 22 heavy (non-hydrogen) atoms. The molecule has 0 N–H and O–H groups in total. The highest BCUT2D eigenvalue weighted by molar-refractivity contribution is 7.26. The normalized spacial score (nSPS) is 11.6. The highest BCUT2D eigenvalue weighted by Crippen LogP contribution is 2.41. The second kappa shape index (κ2) is 5.26. The molecule has 1 heterocycles. The van der Waals surface area contributed by atoms with Gasteiger partial charge in [-0.1, -0.05) is 62.4 Å². The monoisotopic (exact) mass is 302 g/mol. The van der Waals surface area contributed by atoms with Crippen molar-refractivity contribution in [1.82, 2.24) is 0 Å². The van der Waals surface area contributed by atoms with Crippen molar-refractivity contribution in [1.29, 1.82) is 0 Å². The van der Waals surface area contributed by atoms with Crippen molar-refractivity contribution in [3.8, 4) is 11.1 Å². The highest BCUT2D eigenvalue weighted by atomic mass is 32.1. The van der Waals surface area contributed by atoms with Crippen molar-refractivity contribution in [2.75, 3.05) is 0 Å². The van der Waals surface area contributed by atoms with Crippen LogP contribution in [0.5, 0.6) is 0 Å². The second-order valence-electron chi connectivity index (χ2n) is 6.06. The molecule has 0 aliphatic heterocycles. The fourth-order valence-electron chi connectivity index (χ4n) is 3.01. The lowest BCUT2D eigenvalue weighted by atomic mass is 9.94. The minimum absolute atomic E-state index is 0.533. The van der Waals surface area contributed by atoms with Crippen molar-refractivity contribution in [3.63, 3.8) is 0 Å². The Morgan fingerprint density at radius 2 is 1.50 bits per heavy atom. The zero-order chi connectivity index (χ0) is 15.1. The number of thiophene rings is 1. The molecule has 4 aromatic rings. The van der Waals surface area contributed by atoms with Gasteiger partial charge < -0.3 is 0 Å². The van der Waals surface area contributed by atoms with E-state index in [-0.39, 0.29) is 0 Å². The molecule has 108 valence electrons. The largest absolute Gasteiger partial charge is 0.135 e. The number of fused-ring (bicyclic) bond motifs is 3. The van der Waals surface area contributed by atoms with Crippen LogP contribution in [0.4, 0.5) is 0 Å². The lowest BCUT2D eigenvalue weighted by Crippen LogP contribution is -1.89. The first kappa shape index (κ1) is 13.5. The molecule has 0 atom stereocenters. The molecule has 1 aromatic heterocycles. The third-order valence-electron chi connectivity index (χ3n) is 4.25. The van der Waals surface area contributed by atoms with Gasteiger partial charge in [-0.3, -0.25) is 0 Å². The van der Waals surface area contributed by atoms with Crippen molar-refractivity contribution in [2.45, 2.75) is 19.8 Å². The molecular weight excluding hydrogens is 284 g/mol. The van der Waals surface area contributed by atoms with Crippen LogP contribution in [-0.4, -0.2) is 0 Å². The molecule has 3 aromatic carbocycles. The van der Waals surface area contributed by atoms with E-state index in [2.05, 4.69) is 80.6 Å². The molecule has 0 bridgehead atoms. The molecule has 0 saturated carbocycles. The van der Waals surface area contributed by atoms with E-state index in [0.29, 0.717) is 5.92 Å². The van der Waals surface area contributed by atoms with Gasteiger partial charge in [0.2, 0.25) is 0 Å². The Bertz CT molecular complexity index is 946. The average Bonchev–Trinajstić information content (AvgIpc) is 2.93. The number of hydrogen-bond donors (Lipinski definition) is 0. The third kappa shape index (κ3) is 2.13. The summed E-state index contributed by atoms with van der Waals surface area (Å²) in [5.41, 5.74) is 4.08. The summed E-state index contributed by atoms with van der Waals surface area (Å²) in [6.45, 7) is 4.54. The maximum atomic E-state index is 2.38. The summed E-state index contributed by atoms with van der Waals surface area (Å²) in [6.07, 6.45) is 0. The van der Waals surface area contributed by atoms with E-state index in [1.807, 2.05) is 11.3 Å². The Morgan fingerprint density at radius 3 is 2.27 bits per heavy atom. The molecule has 4 rings (SSSR count). The minimum atomic E-state index is 0.533. The van der Waals surface area contributed by atoms with Crippen molar-refractivity contribution in [3.05, 3.63) is 72.3 Å². The Morgan fingerprint density at radius 1 is 0.773 bits per heavy atom. The van der Waals surface area contributed by atoms with Crippen LogP contribution in [0.3, 0.4) is 0 Å². The van der Waals surface area contributed by atoms with E-state index in [1.54, 1.807) is 0 Å². The topological polar surface area (TPSA) is 0 Å². The molecule has 0 saturated heterocycles. The standard InChI is InChI=1S/C21H18S/c1-14(2)16-12-18(15-8-4-3-5-9-15)21-19(13-16)17-10-6-7-11-20(17)22-21/h3-14H,1-2H3. The molecule has 0 nitrogen and oxygen atoms in total. The van der Waals surface area contributed by atoms with E-state index in [4.69, 9.17) is 0 Å². The van der Waals surface area contributed by atoms with Crippen LogP contribution in [0.1, 0.15) is 25.3 Å². The van der Waals surface area contributed by atoms with Gasteiger partial charge in [-0.15, -0.1) is 11.3 Å². The predicted molar refractivity (Wildman–Crippen MR) is 98.9 cm³/mol. The van der Waals surface area contributed by atoms with E-state index in [9.17, 15) is 0 Å². The molecule has 0 spiro atoms. The van der Waals surface area contributed by atoms with Crippen LogP contribution in [0.15, 0.2) is 66.7 Å². The fourth-order valence-corrected chi connectivity index (χ4v) is 4.23. The molecule has 0 unspecified atom stereocenters. The Hall–Kier alpha value is -2.12. The van der Waals surface area contributed by atoms with Gasteiger partial charge in [-0.2, -0.15) is 0 Å². The molecular formula is C21H18S. The quantitative estimate of drug-likeness (QED) is 0.380. The summed E-state index contributed by atoms with van der Waals surface area (Å²) in [7, 11) is 0. The van der Waals surface area contributed by atoms with E-state index < -0.39 is 0 Å². The van der Waals surface area contributed by atoms with Crippen LogP contribution in [0.25, 0.3) is 31.3 Å². The summed E-state index contributed by atoms with van der Waals surface area (Å²) in [6, 6.07) is 24.2. The van der Waals surface area contributed by atoms with Crippen LogP contribution >= 0.6 is 11.3 Å². The van der Waals surface area contributed by atoms with E-state index in [1.165, 1.54) is 36.9 Å². The highest BCUT2D eigenvalue weighted by Gasteiger charge is 2.13. The second-order valence-corrected chi connectivity index (χ2v) is 7.12. The summed E-state index contributed by atoms with van der Waals surface area (Å²) >= 11 is 1.90. The van der Waals surface area contributed by atoms with Gasteiger partial charge in [0, 0.05) is 20.2 Å². The maximum Gasteiger partial charge on any atom is 0.0434 e. The fraction of sp³-hybridized carbons (Fsp3) is 0.143. The zero-order valence-electron chi connectivity index (χ0n) is 12.8. The van der Waals surface area contributed by atoms with Gasteiger partial charge >= 0.3 is 0 Å². The lowest BCUT2D eigenvalue weighted by Gasteiger charge is -2.10. The summed E-state index contributed by atoms with van der Waals surface area (Å²) in [5, 5.41) is 2.77. The minimum Gasteiger partial charge on any atom is -0.135 e. The van der Waals surface area contributed by atoms with E-state index in [0.717, 1.165) is 0 Å². The van der Waals surface area contributed by atoms with Crippen LogP contribution in [0.2, 0.25) is 0 Å². The predicted octanol–water partition coefficient (Wildman–Crippen LogP) is 6.84. The Labute approximate surface area is 135 Å². The van der Waals surface area contributed by atoms with Gasteiger partial charge in [-0.25, -0.2) is 0 Å². The third-order valence-corrected chi connectivity index (χ3v) is 5.47. The number of hydrogen-bond acceptors (Lipinski definition) is 1. The van der Waals surface area contributed by atoms with Crippen molar-refractivity contribution >= 4 is 31.5 Å². The number of rotatable bonds is 2. The number of benzene rings is 3. The van der Waals surface area contributed by atoms with Crippen LogP contribution in [-0.2, 0) is 0 Å². The summed E-state index contributed by atoms with van der Waals surface area (Å²) < 4.78 is 2.77. The van der Waals surface area contributed by atoms with Crippen LogP contribution < -0.4 is 0 Å². The summed E-state index contributed by atoms with van der Waals surface area (Å²) in [5.74, 6) is 0.533. The molecule has 0 fully saturated rings. The molecule has 1 heteroatoms. The molecule has 0 aliphatic carbocycles. The van der Waals surface area contributed by atoms with Crippen molar-refractivity contribution < 1.29 is 0 Å². The SMILES string of the molecule is CC(C)c1cc(-c2ccccc2)c2sc3ccccc3c2c1. The summed E-state index contributed by atoms with van der Waals surface area (Å²) in [4.78, 5) is 0.